The number of nitrogens with zero attached hydrogens (tertiary/aromatic N) is 3. The number of halogens is 1. The summed E-state index contributed by atoms with van der Waals surface area (Å²) in [5.74, 6) is -0.435. The van der Waals surface area contributed by atoms with Crippen molar-refractivity contribution in [3.05, 3.63) is 72.6 Å². The first-order valence-corrected chi connectivity index (χ1v) is 7.47. The van der Waals surface area contributed by atoms with Crippen molar-refractivity contribution in [1.82, 2.24) is 20.1 Å². The molecule has 0 fully saturated rings. The number of amides is 2. The van der Waals surface area contributed by atoms with Crippen LogP contribution in [0.25, 0.3) is 5.69 Å². The van der Waals surface area contributed by atoms with E-state index < -0.39 is 11.8 Å². The normalized spacial score (nSPS) is 10.4. The predicted octanol–water partition coefficient (Wildman–Crippen LogP) is 2.77. The van der Waals surface area contributed by atoms with Gasteiger partial charge in [0.15, 0.2) is 0 Å². The summed E-state index contributed by atoms with van der Waals surface area (Å²) >= 11 is 0. The van der Waals surface area contributed by atoms with Gasteiger partial charge in [-0.2, -0.15) is 5.10 Å². The molecule has 3 aromatic rings. The Morgan fingerprint density at radius 3 is 2.83 bits per heavy atom. The minimum atomic E-state index is -0.435. The standard InChI is InChI=1S/C17H16FN5O/c18-13-5-6-16(23-11-3-9-21-23)15(12-13)22-17(24)20-10-7-14-4-1-2-8-19-14/h1-6,8-9,11-12H,7,10H2,(H2,20,22,24). The number of rotatable bonds is 5. The Kier molecular flexibility index (Phi) is 4.81. The van der Waals surface area contributed by atoms with Crippen LogP contribution in [0.5, 0.6) is 0 Å². The summed E-state index contributed by atoms with van der Waals surface area (Å²) < 4.78 is 15.1. The smallest absolute Gasteiger partial charge is 0.319 e. The largest absolute Gasteiger partial charge is 0.337 e. The zero-order valence-corrected chi connectivity index (χ0v) is 12.8. The van der Waals surface area contributed by atoms with E-state index in [0.717, 1.165) is 5.69 Å². The maximum absolute atomic E-state index is 13.5. The maximum Gasteiger partial charge on any atom is 0.319 e. The molecule has 0 atom stereocenters. The van der Waals surface area contributed by atoms with E-state index >= 15 is 0 Å². The van der Waals surface area contributed by atoms with Gasteiger partial charge >= 0.3 is 6.03 Å². The molecule has 2 aromatic heterocycles. The van der Waals surface area contributed by atoms with Gasteiger partial charge in [-0.05, 0) is 36.4 Å². The molecule has 0 saturated carbocycles. The van der Waals surface area contributed by atoms with Gasteiger partial charge in [0, 0.05) is 37.3 Å². The van der Waals surface area contributed by atoms with Crippen LogP contribution in [0.3, 0.4) is 0 Å². The minimum absolute atomic E-state index is 0.342. The average Bonchev–Trinajstić information content (AvgIpc) is 3.10. The van der Waals surface area contributed by atoms with Crippen molar-refractivity contribution in [1.29, 1.82) is 0 Å². The second kappa shape index (κ2) is 7.36. The van der Waals surface area contributed by atoms with Crippen LogP contribution in [0.4, 0.5) is 14.9 Å². The van der Waals surface area contributed by atoms with Gasteiger partial charge in [0.2, 0.25) is 0 Å². The van der Waals surface area contributed by atoms with Crippen LogP contribution in [0, 0.1) is 5.82 Å². The van der Waals surface area contributed by atoms with Gasteiger partial charge in [0.05, 0.1) is 11.4 Å². The molecule has 2 heterocycles. The van der Waals surface area contributed by atoms with Crippen LogP contribution in [-0.4, -0.2) is 27.3 Å². The SMILES string of the molecule is O=C(NCCc1ccccn1)Nc1cc(F)ccc1-n1cccn1. The number of aromatic nitrogens is 3. The number of hydrogen-bond acceptors (Lipinski definition) is 3. The summed E-state index contributed by atoms with van der Waals surface area (Å²) in [6.07, 6.45) is 5.65. The molecule has 0 spiro atoms. The highest BCUT2D eigenvalue weighted by molar-refractivity contribution is 5.91. The van der Waals surface area contributed by atoms with Crippen LogP contribution >= 0.6 is 0 Å². The fourth-order valence-electron chi connectivity index (χ4n) is 2.24. The van der Waals surface area contributed by atoms with Crippen molar-refractivity contribution in [2.24, 2.45) is 0 Å². The van der Waals surface area contributed by atoms with Gasteiger partial charge in [0.1, 0.15) is 5.82 Å². The van der Waals surface area contributed by atoms with Crippen LogP contribution in [0.1, 0.15) is 5.69 Å². The summed E-state index contributed by atoms with van der Waals surface area (Å²) in [6, 6.07) is 11.1. The molecule has 0 aliphatic carbocycles. The summed E-state index contributed by atoms with van der Waals surface area (Å²) in [6.45, 7) is 0.426. The van der Waals surface area contributed by atoms with E-state index in [-0.39, 0.29) is 0 Å². The Morgan fingerprint density at radius 2 is 2.08 bits per heavy atom. The summed E-state index contributed by atoms with van der Waals surface area (Å²) in [7, 11) is 0. The van der Waals surface area contributed by atoms with Crippen molar-refractivity contribution in [3.8, 4) is 5.69 Å². The molecule has 7 heteroatoms. The van der Waals surface area contributed by atoms with E-state index in [2.05, 4.69) is 20.7 Å². The molecule has 1 aromatic carbocycles. The van der Waals surface area contributed by atoms with Gasteiger partial charge in [0.25, 0.3) is 0 Å². The number of benzene rings is 1. The van der Waals surface area contributed by atoms with E-state index in [4.69, 9.17) is 0 Å². The van der Waals surface area contributed by atoms with Gasteiger partial charge < -0.3 is 10.6 Å². The van der Waals surface area contributed by atoms with Crippen molar-refractivity contribution in [2.45, 2.75) is 6.42 Å². The maximum atomic E-state index is 13.5. The summed E-state index contributed by atoms with van der Waals surface area (Å²) in [4.78, 5) is 16.2. The molecule has 2 amide bonds. The Morgan fingerprint density at radius 1 is 1.17 bits per heavy atom. The highest BCUT2D eigenvalue weighted by atomic mass is 19.1. The lowest BCUT2D eigenvalue weighted by Crippen LogP contribution is -2.31. The first kappa shape index (κ1) is 15.7. The van der Waals surface area contributed by atoms with Crippen LogP contribution in [0.15, 0.2) is 61.1 Å². The first-order valence-electron chi connectivity index (χ1n) is 7.47. The van der Waals surface area contributed by atoms with Crippen LogP contribution in [-0.2, 0) is 6.42 Å². The molecule has 0 aliphatic heterocycles. The van der Waals surface area contributed by atoms with Crippen molar-refractivity contribution in [3.63, 3.8) is 0 Å². The van der Waals surface area contributed by atoms with Crippen molar-refractivity contribution >= 4 is 11.7 Å². The third-order valence-electron chi connectivity index (χ3n) is 3.35. The minimum Gasteiger partial charge on any atom is -0.337 e. The molecule has 3 rings (SSSR count). The Bertz CT molecular complexity index is 805. The predicted molar refractivity (Wildman–Crippen MR) is 88.5 cm³/mol. The molecule has 0 unspecified atom stereocenters. The fourth-order valence-corrected chi connectivity index (χ4v) is 2.24. The molecule has 0 bridgehead atoms. The Labute approximate surface area is 138 Å². The van der Waals surface area contributed by atoms with Crippen LogP contribution < -0.4 is 10.6 Å². The number of pyridine rings is 1. The summed E-state index contributed by atoms with van der Waals surface area (Å²) in [5, 5.41) is 9.48. The molecule has 122 valence electrons. The molecule has 2 N–H and O–H groups in total. The second-order valence-corrected chi connectivity index (χ2v) is 5.06. The van der Waals surface area contributed by atoms with Crippen molar-refractivity contribution in [2.75, 3.05) is 11.9 Å². The number of nitrogens with one attached hydrogen (secondary N) is 2. The summed E-state index contributed by atoms with van der Waals surface area (Å²) in [5.41, 5.74) is 1.82. The molecular formula is C17H16FN5O. The lowest BCUT2D eigenvalue weighted by molar-refractivity contribution is 0.252. The highest BCUT2D eigenvalue weighted by Gasteiger charge is 2.10. The van der Waals surface area contributed by atoms with Gasteiger partial charge in [-0.25, -0.2) is 13.9 Å². The monoisotopic (exact) mass is 325 g/mol. The van der Waals surface area contributed by atoms with Gasteiger partial charge in [-0.15, -0.1) is 0 Å². The molecule has 24 heavy (non-hydrogen) atoms. The van der Waals surface area contributed by atoms with E-state index in [1.54, 1.807) is 35.4 Å². The second-order valence-electron chi connectivity index (χ2n) is 5.06. The number of carbonyl (C=O) groups is 1. The van der Waals surface area contributed by atoms with E-state index in [1.807, 2.05) is 18.2 Å². The molecular weight excluding hydrogens is 309 g/mol. The Hall–Kier alpha value is -3.22. The molecule has 0 aliphatic rings. The van der Waals surface area contributed by atoms with E-state index in [9.17, 15) is 9.18 Å². The Balaban J connectivity index is 1.63. The fraction of sp³-hybridized carbons (Fsp3) is 0.118. The zero-order valence-electron chi connectivity index (χ0n) is 12.8. The van der Waals surface area contributed by atoms with E-state index in [0.29, 0.717) is 24.3 Å². The highest BCUT2D eigenvalue weighted by Crippen LogP contribution is 2.20. The number of carbonyl (C=O) groups excluding carboxylic acids is 1. The number of hydrogen-bond donors (Lipinski definition) is 2. The average molecular weight is 325 g/mol. The molecule has 6 nitrogen and oxygen atoms in total. The van der Waals surface area contributed by atoms with Gasteiger partial charge in [-0.1, -0.05) is 6.07 Å². The quantitative estimate of drug-likeness (QED) is 0.758. The number of urea groups is 1. The number of anilines is 1. The zero-order chi connectivity index (χ0) is 16.8. The molecule has 0 radical (unpaired) electrons. The molecule has 0 saturated heterocycles. The first-order chi connectivity index (χ1) is 11.7. The lowest BCUT2D eigenvalue weighted by atomic mass is 10.2. The van der Waals surface area contributed by atoms with E-state index in [1.165, 1.54) is 12.1 Å². The lowest BCUT2D eigenvalue weighted by Gasteiger charge is -2.12. The topological polar surface area (TPSA) is 71.8 Å². The van der Waals surface area contributed by atoms with Crippen LogP contribution in [0.2, 0.25) is 0 Å². The third-order valence-corrected chi connectivity index (χ3v) is 3.35. The van der Waals surface area contributed by atoms with Gasteiger partial charge in [-0.3, -0.25) is 4.98 Å². The third kappa shape index (κ3) is 3.95. The van der Waals surface area contributed by atoms with Crippen molar-refractivity contribution < 1.29 is 9.18 Å².